The van der Waals surface area contributed by atoms with Crippen LogP contribution in [0.1, 0.15) is 6.42 Å². The van der Waals surface area contributed by atoms with Crippen molar-refractivity contribution < 1.29 is 19.1 Å². The van der Waals surface area contributed by atoms with Gasteiger partial charge in [0.05, 0.1) is 12.1 Å². The number of amides is 2. The third-order valence-electron chi connectivity index (χ3n) is 1.75. The number of carbonyl (C=O) groups excluding carboxylic acids is 1. The van der Waals surface area contributed by atoms with Gasteiger partial charge in [-0.3, -0.25) is 4.79 Å². The maximum absolute atomic E-state index is 13.1. The molecule has 0 atom stereocenters. The van der Waals surface area contributed by atoms with Crippen molar-refractivity contribution in [2.24, 2.45) is 0 Å². The Morgan fingerprint density at radius 1 is 1.31 bits per heavy atom. The summed E-state index contributed by atoms with van der Waals surface area (Å²) in [6.45, 7) is -0.00435. The van der Waals surface area contributed by atoms with Crippen molar-refractivity contribution in [2.75, 3.05) is 11.9 Å². The molecule has 0 aliphatic rings. The molecule has 1 aromatic carbocycles. The smallest absolute Gasteiger partial charge is 0.319 e. The minimum atomic E-state index is -1.01. The summed E-state index contributed by atoms with van der Waals surface area (Å²) in [7, 11) is 0. The Balaban J connectivity index is 2.40. The first-order valence-corrected chi connectivity index (χ1v) is 4.61. The molecule has 0 aliphatic heterocycles. The van der Waals surface area contributed by atoms with Gasteiger partial charge in [-0.1, -0.05) is 12.1 Å². The third kappa shape index (κ3) is 3.95. The number of carboxylic acid groups (broad SMARTS) is 1. The van der Waals surface area contributed by atoms with Gasteiger partial charge in [-0.15, -0.1) is 0 Å². The van der Waals surface area contributed by atoms with Crippen molar-refractivity contribution >= 4 is 17.7 Å². The van der Waals surface area contributed by atoms with Gasteiger partial charge in [0.1, 0.15) is 5.82 Å². The lowest BCUT2D eigenvalue weighted by Gasteiger charge is -2.06. The topological polar surface area (TPSA) is 78.4 Å². The predicted octanol–water partition coefficient (Wildman–Crippen LogP) is 1.42. The Morgan fingerprint density at radius 3 is 2.62 bits per heavy atom. The van der Waals surface area contributed by atoms with Gasteiger partial charge in [-0.25, -0.2) is 9.18 Å². The van der Waals surface area contributed by atoms with Crippen molar-refractivity contribution in [3.8, 4) is 0 Å². The average molecular weight is 226 g/mol. The standard InChI is InChI=1S/C10H11FN2O3/c11-7-3-1-2-4-8(7)13-10(16)12-6-5-9(14)15/h1-4H,5-6H2,(H,14,15)(H2,12,13,16). The summed E-state index contributed by atoms with van der Waals surface area (Å²) in [6.07, 6.45) is -0.176. The number of carboxylic acids is 1. The van der Waals surface area contributed by atoms with Crippen molar-refractivity contribution in [3.05, 3.63) is 30.1 Å². The van der Waals surface area contributed by atoms with E-state index in [0.29, 0.717) is 0 Å². The first-order chi connectivity index (χ1) is 7.59. The van der Waals surface area contributed by atoms with Crippen LogP contribution in [0.4, 0.5) is 14.9 Å². The summed E-state index contributed by atoms with van der Waals surface area (Å²) in [5.74, 6) is -1.55. The number of hydrogen-bond donors (Lipinski definition) is 3. The lowest BCUT2D eigenvalue weighted by molar-refractivity contribution is -0.136. The van der Waals surface area contributed by atoms with E-state index in [1.165, 1.54) is 18.2 Å². The van der Waals surface area contributed by atoms with E-state index >= 15 is 0 Å². The molecule has 0 spiro atoms. The minimum Gasteiger partial charge on any atom is -0.481 e. The lowest BCUT2D eigenvalue weighted by atomic mass is 10.3. The van der Waals surface area contributed by atoms with Crippen LogP contribution in [-0.2, 0) is 4.79 Å². The highest BCUT2D eigenvalue weighted by molar-refractivity contribution is 5.89. The summed E-state index contributed by atoms with van der Waals surface area (Å²) < 4.78 is 13.1. The average Bonchev–Trinajstić information content (AvgIpc) is 2.21. The number of anilines is 1. The van der Waals surface area contributed by atoms with Crippen LogP contribution >= 0.6 is 0 Å². The highest BCUT2D eigenvalue weighted by Gasteiger charge is 2.05. The Labute approximate surface area is 91.3 Å². The highest BCUT2D eigenvalue weighted by atomic mass is 19.1. The Hall–Kier alpha value is -2.11. The van der Waals surface area contributed by atoms with Crippen LogP contribution < -0.4 is 10.6 Å². The van der Waals surface area contributed by atoms with Gasteiger partial charge in [0.15, 0.2) is 0 Å². The van der Waals surface area contributed by atoms with Crippen molar-refractivity contribution in [1.82, 2.24) is 5.32 Å². The van der Waals surface area contributed by atoms with E-state index in [4.69, 9.17) is 5.11 Å². The fourth-order valence-corrected chi connectivity index (χ4v) is 1.01. The largest absolute Gasteiger partial charge is 0.481 e. The maximum atomic E-state index is 13.1. The molecule has 16 heavy (non-hydrogen) atoms. The number of urea groups is 1. The molecule has 1 rings (SSSR count). The zero-order chi connectivity index (χ0) is 12.0. The molecule has 5 nitrogen and oxygen atoms in total. The fourth-order valence-electron chi connectivity index (χ4n) is 1.01. The summed E-state index contributed by atoms with van der Waals surface area (Å²) >= 11 is 0. The molecule has 0 radical (unpaired) electrons. The second-order valence-corrected chi connectivity index (χ2v) is 3.00. The second-order valence-electron chi connectivity index (χ2n) is 3.00. The molecule has 1 aromatic rings. The van der Waals surface area contributed by atoms with Crippen LogP contribution in [0.25, 0.3) is 0 Å². The number of aliphatic carboxylic acids is 1. The number of benzene rings is 1. The van der Waals surface area contributed by atoms with E-state index in [9.17, 15) is 14.0 Å². The molecule has 0 saturated heterocycles. The van der Waals surface area contributed by atoms with Gasteiger partial charge in [0.25, 0.3) is 0 Å². The number of halogens is 1. The number of hydrogen-bond acceptors (Lipinski definition) is 2. The zero-order valence-corrected chi connectivity index (χ0v) is 8.37. The van der Waals surface area contributed by atoms with E-state index in [2.05, 4.69) is 10.6 Å². The van der Waals surface area contributed by atoms with E-state index < -0.39 is 17.8 Å². The van der Waals surface area contributed by atoms with Crippen LogP contribution in [0.2, 0.25) is 0 Å². The molecule has 0 bridgehead atoms. The summed E-state index contributed by atoms with van der Waals surface area (Å²) in [4.78, 5) is 21.3. The molecule has 0 unspecified atom stereocenters. The number of nitrogens with one attached hydrogen (secondary N) is 2. The summed E-state index contributed by atoms with van der Waals surface area (Å²) in [5.41, 5.74) is 0.0512. The SMILES string of the molecule is O=C(O)CCNC(=O)Nc1ccccc1F. The van der Waals surface area contributed by atoms with E-state index in [1.807, 2.05) is 0 Å². The summed E-state index contributed by atoms with van der Waals surface area (Å²) in [6, 6.07) is 5.07. The number of carbonyl (C=O) groups is 2. The molecule has 86 valence electrons. The van der Waals surface area contributed by atoms with Gasteiger partial charge in [0.2, 0.25) is 0 Å². The lowest BCUT2D eigenvalue weighted by Crippen LogP contribution is -2.30. The number of rotatable bonds is 4. The molecule has 6 heteroatoms. The van der Waals surface area contributed by atoms with Crippen LogP contribution in [0.3, 0.4) is 0 Å². The third-order valence-corrected chi connectivity index (χ3v) is 1.75. The number of para-hydroxylation sites is 1. The Morgan fingerprint density at radius 2 is 2.00 bits per heavy atom. The Kier molecular flexibility index (Phi) is 4.26. The van der Waals surface area contributed by atoms with Gasteiger partial charge < -0.3 is 15.7 Å². The monoisotopic (exact) mass is 226 g/mol. The van der Waals surface area contributed by atoms with Crippen LogP contribution in [0, 0.1) is 5.82 Å². The normalized spacial score (nSPS) is 9.56. The van der Waals surface area contributed by atoms with Crippen molar-refractivity contribution in [3.63, 3.8) is 0 Å². The molecule has 0 aromatic heterocycles. The minimum absolute atomic E-state index is 0.00435. The Bertz CT molecular complexity index is 395. The molecular formula is C10H11FN2O3. The molecule has 2 amide bonds. The van der Waals surface area contributed by atoms with Gasteiger partial charge >= 0.3 is 12.0 Å². The molecular weight excluding hydrogens is 215 g/mol. The van der Waals surface area contributed by atoms with Crippen LogP contribution in [0.5, 0.6) is 0 Å². The molecule has 0 aliphatic carbocycles. The van der Waals surface area contributed by atoms with Gasteiger partial charge in [0, 0.05) is 6.54 Å². The first kappa shape index (κ1) is 12.0. The van der Waals surface area contributed by atoms with Crippen LogP contribution in [0.15, 0.2) is 24.3 Å². The second kappa shape index (κ2) is 5.69. The van der Waals surface area contributed by atoms with Crippen molar-refractivity contribution in [2.45, 2.75) is 6.42 Å². The van der Waals surface area contributed by atoms with Gasteiger partial charge in [-0.2, -0.15) is 0 Å². The maximum Gasteiger partial charge on any atom is 0.319 e. The van der Waals surface area contributed by atoms with Gasteiger partial charge in [-0.05, 0) is 12.1 Å². The predicted molar refractivity (Wildman–Crippen MR) is 55.7 cm³/mol. The van der Waals surface area contributed by atoms with E-state index in [1.54, 1.807) is 6.07 Å². The molecule has 0 fully saturated rings. The van der Waals surface area contributed by atoms with Crippen LogP contribution in [-0.4, -0.2) is 23.7 Å². The van der Waals surface area contributed by atoms with Crippen molar-refractivity contribution in [1.29, 1.82) is 0 Å². The van der Waals surface area contributed by atoms with E-state index in [-0.39, 0.29) is 18.7 Å². The molecule has 3 N–H and O–H groups in total. The zero-order valence-electron chi connectivity index (χ0n) is 8.37. The summed E-state index contributed by atoms with van der Waals surface area (Å²) in [5, 5.41) is 12.9. The van der Waals surface area contributed by atoms with E-state index in [0.717, 1.165) is 0 Å². The molecule has 0 saturated carbocycles. The highest BCUT2D eigenvalue weighted by Crippen LogP contribution is 2.11. The quantitative estimate of drug-likeness (QED) is 0.726. The first-order valence-electron chi connectivity index (χ1n) is 4.61. The fraction of sp³-hybridized carbons (Fsp3) is 0.200. The molecule has 0 heterocycles.